The summed E-state index contributed by atoms with van der Waals surface area (Å²) in [5.74, 6) is 0.434. The number of hydrogen-bond acceptors (Lipinski definition) is 18. The van der Waals surface area contributed by atoms with Crippen LogP contribution in [-0.4, -0.2) is 135 Å². The van der Waals surface area contributed by atoms with Gasteiger partial charge in [0.1, 0.15) is 54.9 Å². The maximum absolute atomic E-state index is 11.0. The van der Waals surface area contributed by atoms with E-state index in [0.717, 1.165) is 77.0 Å². The van der Waals surface area contributed by atoms with E-state index in [9.17, 15) is 43.2 Å². The number of nitrogens with one attached hydrogen (secondary N) is 9. The number of ether oxygens (including phenoxy) is 9. The molecule has 0 spiro atoms. The first-order valence-corrected chi connectivity index (χ1v) is 38.5. The Morgan fingerprint density at radius 3 is 1.08 bits per heavy atom. The van der Waals surface area contributed by atoms with Crippen LogP contribution in [0.2, 0.25) is 0 Å². The van der Waals surface area contributed by atoms with Crippen molar-refractivity contribution in [3.05, 3.63) is 129 Å². The predicted octanol–water partition coefficient (Wildman–Crippen LogP) is 22.9. The van der Waals surface area contributed by atoms with Gasteiger partial charge < -0.3 is 63.9 Å². The molecule has 0 aromatic carbocycles. The molecule has 656 valence electrons. The molecule has 0 aromatic heterocycles. The second-order valence-electron chi connectivity index (χ2n) is 24.9. The van der Waals surface area contributed by atoms with Gasteiger partial charge >= 0.3 is 54.8 Å². The van der Waals surface area contributed by atoms with E-state index in [0.29, 0.717) is 36.9 Å². The molecular formula is C83H171N9O18. The summed E-state index contributed by atoms with van der Waals surface area (Å²) >= 11 is 0. The normalized spacial score (nSPS) is 12.5. The smallest absolute Gasteiger partial charge is 0.412 e. The molecule has 0 saturated heterocycles. The Balaban J connectivity index is -0.0000000597. The van der Waals surface area contributed by atoms with Gasteiger partial charge in [0, 0.05) is 62.8 Å². The van der Waals surface area contributed by atoms with E-state index >= 15 is 0 Å². The highest BCUT2D eigenvalue weighted by molar-refractivity contribution is 5.71. The molecule has 27 nitrogen and oxygen atoms in total. The summed E-state index contributed by atoms with van der Waals surface area (Å²) in [4.78, 5) is 98.6. The Bertz CT molecular complexity index is 2660. The Kier molecular flexibility index (Phi) is 93.9. The minimum Gasteiger partial charge on any atom is -0.447 e. The maximum Gasteiger partial charge on any atom is 0.412 e. The van der Waals surface area contributed by atoms with E-state index in [2.05, 4.69) is 86.5 Å². The molecule has 0 heterocycles. The van der Waals surface area contributed by atoms with Crippen LogP contribution in [-0.2, 0) is 42.6 Å². The molecule has 0 aliphatic carbocycles. The van der Waals surface area contributed by atoms with Gasteiger partial charge in [0.2, 0.25) is 0 Å². The molecule has 0 aliphatic rings. The SMILES string of the molecule is C/C=C/CNC(=O)OC(C)CC.C=C(CC)NC(=O)OC(C)CC.C=C/C=C/NC(=O)OC(C)CC.C=C=C(C)NC(=O)OC(C)CC.C=CC(C)NC(=O)OC(C)CC.C=CCCNC(=O)OC(C)CC.CC/C=C/NC(=O)OC(C)CC.CCC(C)OC(=O)N/C=C/C(C)C.CCC(C)OC(=O)NCC=C(C)C.[HH].[HH].[HH].[HH].[HH].[HH].[HH].[HH].[HH]. The Labute approximate surface area is 678 Å². The minimum atomic E-state index is -0.446. The van der Waals surface area contributed by atoms with Crippen molar-refractivity contribution >= 4 is 54.8 Å². The average Bonchev–Trinajstić information content (AvgIpc) is 0.919. The van der Waals surface area contributed by atoms with Gasteiger partial charge in [0.05, 0.1) is 5.70 Å². The maximum atomic E-state index is 11.0. The molecule has 10 unspecified atom stereocenters. The number of hydrogen-bond donors (Lipinski definition) is 9. The zero-order chi connectivity index (χ0) is 86.8. The lowest BCUT2D eigenvalue weighted by molar-refractivity contribution is 0.103. The summed E-state index contributed by atoms with van der Waals surface area (Å²) in [6.07, 6.45) is 27.0. The van der Waals surface area contributed by atoms with Crippen molar-refractivity contribution in [3.8, 4) is 0 Å². The molecule has 0 aliphatic heterocycles. The minimum absolute atomic E-state index is 0. The number of allylic oxidation sites excluding steroid dienone is 8. The summed E-state index contributed by atoms with van der Waals surface area (Å²) < 4.78 is 44.6. The molecule has 0 aromatic rings. The number of carbonyl (C=O) groups excluding carboxylic acids is 9. The van der Waals surface area contributed by atoms with Gasteiger partial charge in [-0.1, -0.05) is 164 Å². The summed E-state index contributed by atoms with van der Waals surface area (Å²) in [6.45, 7) is 71.1. The molecule has 0 bridgehead atoms. The molecule has 110 heavy (non-hydrogen) atoms. The zero-order valence-electron chi connectivity index (χ0n) is 72.8. The fourth-order valence-electron chi connectivity index (χ4n) is 5.00. The monoisotopic (exact) mass is 1580 g/mol. The van der Waals surface area contributed by atoms with Crippen molar-refractivity contribution < 1.29 is 98.6 Å². The van der Waals surface area contributed by atoms with Gasteiger partial charge in [-0.15, -0.1) is 18.9 Å². The predicted molar refractivity (Wildman–Crippen MR) is 467 cm³/mol. The van der Waals surface area contributed by atoms with Gasteiger partial charge in [-0.25, -0.2) is 43.2 Å². The summed E-state index contributed by atoms with van der Waals surface area (Å²) in [6, 6.07) is -0.0402. The van der Waals surface area contributed by atoms with Crippen LogP contribution in [0, 0.1) is 5.92 Å². The number of rotatable bonds is 36. The first-order chi connectivity index (χ1) is 51.7. The van der Waals surface area contributed by atoms with Crippen molar-refractivity contribution in [1.82, 2.24) is 47.9 Å². The second kappa shape index (κ2) is 86.8. The van der Waals surface area contributed by atoms with Crippen LogP contribution in [0.5, 0.6) is 0 Å². The third-order valence-corrected chi connectivity index (χ3v) is 13.6. The third-order valence-electron chi connectivity index (χ3n) is 13.6. The molecule has 9 amide bonds. The highest BCUT2D eigenvalue weighted by atomic mass is 16.6. The first kappa shape index (κ1) is 119. The van der Waals surface area contributed by atoms with E-state index in [1.165, 1.54) is 11.8 Å². The van der Waals surface area contributed by atoms with E-state index in [4.69, 9.17) is 42.6 Å². The van der Waals surface area contributed by atoms with Gasteiger partial charge in [0.25, 0.3) is 0 Å². The topological polar surface area (TPSA) is 345 Å². The largest absolute Gasteiger partial charge is 0.447 e. The number of carbonyl (C=O) groups is 9. The number of alkyl carbamates (subject to hydrolysis) is 9. The summed E-state index contributed by atoms with van der Waals surface area (Å²) in [5, 5.41) is 23.0. The van der Waals surface area contributed by atoms with E-state index in [-0.39, 0.29) is 110 Å². The zero-order valence-corrected chi connectivity index (χ0v) is 72.8. The van der Waals surface area contributed by atoms with Crippen LogP contribution < -0.4 is 47.9 Å². The summed E-state index contributed by atoms with van der Waals surface area (Å²) in [7, 11) is 0. The van der Waals surface area contributed by atoms with Crippen LogP contribution in [0.1, 0.15) is 277 Å². The fourth-order valence-corrected chi connectivity index (χ4v) is 5.00. The lowest BCUT2D eigenvalue weighted by Gasteiger charge is -2.13. The van der Waals surface area contributed by atoms with Crippen LogP contribution in [0.25, 0.3) is 0 Å². The lowest BCUT2D eigenvalue weighted by Crippen LogP contribution is -2.33. The molecular weight excluding hydrogens is 1410 g/mol. The molecule has 0 fully saturated rings. The highest BCUT2D eigenvalue weighted by Crippen LogP contribution is 2.04. The third kappa shape index (κ3) is 105. The lowest BCUT2D eigenvalue weighted by atomic mass is 10.2. The standard InChI is InChI=1S/2C10H19NO2.2C9H17NO2.C9H15NO2.3C9H17NO2.C9H15NO2.9H2/c2*1-5-9(4)13-10(12)11-7-6-8(2)3;3*1-5-7(3)10-9(11)12-8(4)6-2;4*1-4-6-7-10-9(11)12-8(3)5-2;;;;;;;;;/h6,9H,5,7H2,1-4H3,(H,11,12);6-9H,5H2,1-4H3,(H,11,12);8H,3,5-6H2,1-2,4H3,(H,10,11);5,7-8H,1,6H2,2-4H3,(H,10,11);8H,1,6H2,2-4H3,(H,10,11);6-8H,4-5H2,1-3H3,(H,10,11);4,6,8H,5,7H2,1-3H3,(H,10,11);4,8H,1,5-7H2,2-3H3,(H,10,11);4,6-8H,1,5H2,2-3H3,(H,10,11);9*1H/b;7-6+;;;;7-6+;6-4+;;7-6+;;;;;;;;;. The van der Waals surface area contributed by atoms with Crippen molar-refractivity contribution in [2.45, 2.75) is 325 Å². The quantitative estimate of drug-likeness (QED) is 0.00925. The highest BCUT2D eigenvalue weighted by Gasteiger charge is 2.12. The van der Waals surface area contributed by atoms with Gasteiger partial charge in [0.15, 0.2) is 0 Å². The van der Waals surface area contributed by atoms with Crippen molar-refractivity contribution in [1.29, 1.82) is 0 Å². The van der Waals surface area contributed by atoms with Gasteiger partial charge in [-0.2, -0.15) is 0 Å². The Morgan fingerprint density at radius 1 is 0.427 bits per heavy atom. The molecule has 10 atom stereocenters. The van der Waals surface area contributed by atoms with E-state index in [1.807, 2.05) is 210 Å². The van der Waals surface area contributed by atoms with Gasteiger partial charge in [-0.05, 0) is 186 Å². The molecule has 0 rings (SSSR count). The Morgan fingerprint density at radius 2 is 0.764 bits per heavy atom. The number of amides is 9. The van der Waals surface area contributed by atoms with Crippen molar-refractivity contribution in [2.24, 2.45) is 5.92 Å². The van der Waals surface area contributed by atoms with Crippen LogP contribution in [0.3, 0.4) is 0 Å². The second-order valence-corrected chi connectivity index (χ2v) is 24.9. The van der Waals surface area contributed by atoms with E-state index < -0.39 is 18.3 Å². The van der Waals surface area contributed by atoms with Crippen molar-refractivity contribution in [3.63, 3.8) is 0 Å². The van der Waals surface area contributed by atoms with Gasteiger partial charge in [-0.3, -0.25) is 26.6 Å². The summed E-state index contributed by atoms with van der Waals surface area (Å²) in [5.41, 5.74) is 4.98. The average molecular weight is 1580 g/mol. The van der Waals surface area contributed by atoms with Crippen LogP contribution in [0.4, 0.5) is 43.2 Å². The molecule has 0 saturated carbocycles. The first-order valence-electron chi connectivity index (χ1n) is 38.5. The van der Waals surface area contributed by atoms with E-state index in [1.54, 1.807) is 43.6 Å². The molecule has 27 heteroatoms. The van der Waals surface area contributed by atoms with Crippen LogP contribution >= 0.6 is 0 Å². The fraction of sp³-hybridized carbons (Fsp3) is 0.639. The van der Waals surface area contributed by atoms with Crippen LogP contribution in [0.15, 0.2) is 129 Å². The Hall–Kier alpha value is -9.39. The molecule has 9 N–H and O–H groups in total. The molecule has 0 radical (unpaired) electrons. The van der Waals surface area contributed by atoms with Crippen molar-refractivity contribution in [2.75, 3.05) is 19.6 Å².